The van der Waals surface area contributed by atoms with E-state index in [0.717, 1.165) is 26.3 Å². The molecule has 0 unspecified atom stereocenters. The van der Waals surface area contributed by atoms with Crippen LogP contribution in [0.4, 0.5) is 11.4 Å². The fourth-order valence-electron chi connectivity index (χ4n) is 3.18. The van der Waals surface area contributed by atoms with Gasteiger partial charge in [0.05, 0.1) is 16.4 Å². The zero-order chi connectivity index (χ0) is 24.5. The molecule has 4 aromatic carbocycles. The molecular formula is C28H23IN2O4. The number of methoxy groups -OCH3 is 1. The third-order valence-corrected chi connectivity index (χ3v) is 5.64. The Morgan fingerprint density at radius 1 is 0.914 bits per heavy atom. The van der Waals surface area contributed by atoms with E-state index in [-0.39, 0.29) is 12.5 Å². The van der Waals surface area contributed by atoms with Gasteiger partial charge >= 0.3 is 0 Å². The number of nitrogens with one attached hydrogen (secondary N) is 1. The van der Waals surface area contributed by atoms with E-state index in [0.29, 0.717) is 17.2 Å². The van der Waals surface area contributed by atoms with Crippen LogP contribution in [0.25, 0.3) is 0 Å². The Morgan fingerprint density at radius 3 is 2.26 bits per heavy atom. The van der Waals surface area contributed by atoms with Gasteiger partial charge in [-0.1, -0.05) is 36.4 Å². The van der Waals surface area contributed by atoms with Crippen molar-refractivity contribution in [2.24, 2.45) is 4.99 Å². The quantitative estimate of drug-likeness (QED) is 0.174. The molecule has 0 saturated carbocycles. The van der Waals surface area contributed by atoms with Gasteiger partial charge in [0.2, 0.25) is 0 Å². The van der Waals surface area contributed by atoms with Crippen LogP contribution in [0.5, 0.6) is 23.0 Å². The van der Waals surface area contributed by atoms with E-state index < -0.39 is 0 Å². The second-order valence-electron chi connectivity index (χ2n) is 7.40. The van der Waals surface area contributed by atoms with Crippen molar-refractivity contribution in [3.63, 3.8) is 0 Å². The topological polar surface area (TPSA) is 69.1 Å². The number of carbonyl (C=O) groups is 1. The van der Waals surface area contributed by atoms with Crippen molar-refractivity contribution in [3.8, 4) is 23.0 Å². The van der Waals surface area contributed by atoms with Gasteiger partial charge in [0, 0.05) is 11.9 Å². The van der Waals surface area contributed by atoms with Gasteiger partial charge in [-0.2, -0.15) is 0 Å². The molecule has 0 aromatic heterocycles. The van der Waals surface area contributed by atoms with Crippen LogP contribution < -0.4 is 19.5 Å². The fourth-order valence-corrected chi connectivity index (χ4v) is 3.97. The highest BCUT2D eigenvalue weighted by Crippen LogP contribution is 2.34. The van der Waals surface area contributed by atoms with Gasteiger partial charge in [-0.25, -0.2) is 0 Å². The molecular weight excluding hydrogens is 555 g/mol. The van der Waals surface area contributed by atoms with Crippen LogP contribution in [0.1, 0.15) is 5.56 Å². The smallest absolute Gasteiger partial charge is 0.262 e. The number of carbonyl (C=O) groups excluding carboxylic acids is 1. The maximum Gasteiger partial charge on any atom is 0.262 e. The molecule has 0 aliphatic heterocycles. The standard InChI is InChI=1S/C28H23IN2O4/c1-33-26-17-20(16-25(29)28(26)34-19-27(32)31-22-8-4-2-5-9-22)18-30-21-12-14-24(15-13-21)35-23-10-6-3-7-11-23/h2-18H,19H2,1H3,(H,31,32). The number of amides is 1. The van der Waals surface area contributed by atoms with Crippen LogP contribution in [-0.4, -0.2) is 25.8 Å². The van der Waals surface area contributed by atoms with Crippen LogP contribution in [0, 0.1) is 3.57 Å². The Morgan fingerprint density at radius 2 is 1.57 bits per heavy atom. The number of hydrogen-bond acceptors (Lipinski definition) is 5. The highest BCUT2D eigenvalue weighted by molar-refractivity contribution is 14.1. The number of benzene rings is 4. The minimum Gasteiger partial charge on any atom is -0.493 e. The maximum absolute atomic E-state index is 12.2. The summed E-state index contributed by atoms with van der Waals surface area (Å²) in [4.78, 5) is 16.8. The number of aliphatic imine (C=N–C) groups is 1. The minimum absolute atomic E-state index is 0.133. The molecule has 0 fully saturated rings. The van der Waals surface area contributed by atoms with Crippen molar-refractivity contribution < 1.29 is 19.0 Å². The lowest BCUT2D eigenvalue weighted by molar-refractivity contribution is -0.118. The number of nitrogens with zero attached hydrogens (tertiary/aromatic N) is 1. The van der Waals surface area contributed by atoms with Crippen LogP contribution in [0.3, 0.4) is 0 Å². The van der Waals surface area contributed by atoms with Gasteiger partial charge < -0.3 is 19.5 Å². The number of para-hydroxylation sites is 2. The van der Waals surface area contributed by atoms with Crippen molar-refractivity contribution in [3.05, 3.63) is 106 Å². The number of rotatable bonds is 9. The fraction of sp³-hybridized carbons (Fsp3) is 0.0714. The van der Waals surface area contributed by atoms with Gasteiger partial charge in [0.1, 0.15) is 11.5 Å². The summed E-state index contributed by atoms with van der Waals surface area (Å²) in [6.45, 7) is -0.133. The molecule has 4 aromatic rings. The second-order valence-corrected chi connectivity index (χ2v) is 8.57. The molecule has 7 heteroatoms. The van der Waals surface area contributed by atoms with Crippen molar-refractivity contribution in [2.45, 2.75) is 0 Å². The highest BCUT2D eigenvalue weighted by atomic mass is 127. The summed E-state index contributed by atoms with van der Waals surface area (Å²) in [6, 6.07) is 30.1. The first-order valence-electron chi connectivity index (χ1n) is 10.8. The Hall–Kier alpha value is -3.85. The van der Waals surface area contributed by atoms with Gasteiger partial charge in [0.25, 0.3) is 5.91 Å². The molecule has 1 amide bonds. The maximum atomic E-state index is 12.2. The first-order chi connectivity index (χ1) is 17.1. The molecule has 0 aliphatic carbocycles. The van der Waals surface area contributed by atoms with E-state index in [1.54, 1.807) is 13.3 Å². The van der Waals surface area contributed by atoms with Crippen LogP contribution >= 0.6 is 22.6 Å². The summed E-state index contributed by atoms with van der Waals surface area (Å²) in [5.41, 5.74) is 2.35. The molecule has 0 radical (unpaired) electrons. The molecule has 0 atom stereocenters. The lowest BCUT2D eigenvalue weighted by Gasteiger charge is -2.13. The largest absolute Gasteiger partial charge is 0.493 e. The van der Waals surface area contributed by atoms with E-state index in [4.69, 9.17) is 14.2 Å². The molecule has 0 bridgehead atoms. The first-order valence-corrected chi connectivity index (χ1v) is 11.9. The van der Waals surface area contributed by atoms with Gasteiger partial charge in [-0.3, -0.25) is 9.79 Å². The molecule has 0 heterocycles. The Bertz CT molecular complexity index is 1290. The Balaban J connectivity index is 1.39. The SMILES string of the molecule is COc1cc(C=Nc2ccc(Oc3ccccc3)cc2)cc(I)c1OCC(=O)Nc1ccccc1. The van der Waals surface area contributed by atoms with E-state index in [1.807, 2.05) is 97.1 Å². The first kappa shape index (κ1) is 24.3. The Kier molecular flexibility index (Phi) is 8.34. The zero-order valence-corrected chi connectivity index (χ0v) is 21.1. The monoisotopic (exact) mass is 578 g/mol. The lowest BCUT2D eigenvalue weighted by Crippen LogP contribution is -2.20. The number of anilines is 1. The molecule has 35 heavy (non-hydrogen) atoms. The number of halogens is 1. The van der Waals surface area contributed by atoms with Crippen molar-refractivity contribution in [1.82, 2.24) is 0 Å². The van der Waals surface area contributed by atoms with Gasteiger partial charge in [0.15, 0.2) is 18.1 Å². The van der Waals surface area contributed by atoms with Crippen LogP contribution in [-0.2, 0) is 4.79 Å². The highest BCUT2D eigenvalue weighted by Gasteiger charge is 2.13. The third-order valence-electron chi connectivity index (χ3n) is 4.84. The average molecular weight is 578 g/mol. The van der Waals surface area contributed by atoms with Gasteiger partial charge in [-0.05, 0) is 88.8 Å². The molecule has 0 saturated heterocycles. The van der Waals surface area contributed by atoms with Crippen LogP contribution in [0.15, 0.2) is 102 Å². The summed E-state index contributed by atoms with van der Waals surface area (Å²) >= 11 is 2.16. The number of ether oxygens (including phenoxy) is 3. The van der Waals surface area contributed by atoms with Crippen molar-refractivity contribution >= 4 is 46.1 Å². The van der Waals surface area contributed by atoms with E-state index in [2.05, 4.69) is 32.9 Å². The van der Waals surface area contributed by atoms with Crippen LogP contribution in [0.2, 0.25) is 0 Å². The predicted octanol–water partition coefficient (Wildman–Crippen LogP) is 6.86. The summed E-state index contributed by atoms with van der Waals surface area (Å²) in [5, 5.41) is 2.80. The molecule has 6 nitrogen and oxygen atoms in total. The average Bonchev–Trinajstić information content (AvgIpc) is 2.88. The summed E-state index contributed by atoms with van der Waals surface area (Å²) in [6.07, 6.45) is 1.75. The zero-order valence-electron chi connectivity index (χ0n) is 19.0. The van der Waals surface area contributed by atoms with E-state index >= 15 is 0 Å². The normalized spacial score (nSPS) is 10.7. The van der Waals surface area contributed by atoms with Crippen molar-refractivity contribution in [2.75, 3.05) is 19.0 Å². The predicted molar refractivity (Wildman–Crippen MR) is 146 cm³/mol. The Labute approximate surface area is 217 Å². The molecule has 1 N–H and O–H groups in total. The van der Waals surface area contributed by atoms with Crippen molar-refractivity contribution in [1.29, 1.82) is 0 Å². The lowest BCUT2D eigenvalue weighted by atomic mass is 10.2. The summed E-state index contributed by atoms with van der Waals surface area (Å²) < 4.78 is 17.9. The molecule has 176 valence electrons. The molecule has 4 rings (SSSR count). The molecule has 0 aliphatic rings. The van der Waals surface area contributed by atoms with E-state index in [9.17, 15) is 4.79 Å². The summed E-state index contributed by atoms with van der Waals surface area (Å²) in [7, 11) is 1.56. The summed E-state index contributed by atoms with van der Waals surface area (Å²) in [5.74, 6) is 2.31. The van der Waals surface area contributed by atoms with Gasteiger partial charge in [-0.15, -0.1) is 0 Å². The molecule has 0 spiro atoms. The minimum atomic E-state index is -0.251. The number of hydrogen-bond donors (Lipinski definition) is 1. The third kappa shape index (κ3) is 7.07. The second kappa shape index (κ2) is 12.0. The van der Waals surface area contributed by atoms with E-state index in [1.165, 1.54) is 0 Å².